The van der Waals surface area contributed by atoms with Gasteiger partial charge >= 0.3 is 0 Å². The minimum atomic E-state index is -0.899. The number of carbonyl (C=O) groups is 1. The molecule has 4 nitrogen and oxygen atoms in total. The molecule has 2 aliphatic rings. The first-order valence-electron chi connectivity index (χ1n) is 7.68. The fraction of sp³-hybridized carbons (Fsp3) is 0.368. The smallest absolute Gasteiger partial charge is 0.236 e. The van der Waals surface area contributed by atoms with E-state index in [1.807, 2.05) is 50.3 Å². The van der Waals surface area contributed by atoms with Gasteiger partial charge in [-0.2, -0.15) is 0 Å². The fourth-order valence-electron chi connectivity index (χ4n) is 3.91. The van der Waals surface area contributed by atoms with E-state index in [9.17, 15) is 9.90 Å². The normalized spacial score (nSPS) is 26.4. The average Bonchev–Trinajstić information content (AvgIpc) is 2.55. The summed E-state index contributed by atoms with van der Waals surface area (Å²) in [5, 5.41) is 10.5. The van der Waals surface area contributed by atoms with Crippen molar-refractivity contribution in [2.75, 3.05) is 13.6 Å². The van der Waals surface area contributed by atoms with Gasteiger partial charge in [-0.15, -0.1) is 0 Å². The van der Waals surface area contributed by atoms with Crippen LogP contribution in [0.4, 0.5) is 0 Å². The number of nitrogens with zero attached hydrogens (tertiary/aromatic N) is 2. The summed E-state index contributed by atoms with van der Waals surface area (Å²) in [5.41, 5.74) is 0.419. The molecule has 4 heteroatoms. The van der Waals surface area contributed by atoms with Crippen LogP contribution in [-0.2, 0) is 10.2 Å². The van der Waals surface area contributed by atoms with Gasteiger partial charge in [-0.25, -0.2) is 4.85 Å². The Morgan fingerprint density at radius 3 is 2.52 bits per heavy atom. The van der Waals surface area contributed by atoms with E-state index in [1.165, 1.54) is 0 Å². The van der Waals surface area contributed by atoms with Crippen LogP contribution in [0.3, 0.4) is 0 Å². The Morgan fingerprint density at radius 2 is 1.91 bits per heavy atom. The zero-order valence-electron chi connectivity index (χ0n) is 13.6. The van der Waals surface area contributed by atoms with E-state index in [4.69, 9.17) is 6.57 Å². The van der Waals surface area contributed by atoms with Gasteiger partial charge in [0.25, 0.3) is 0 Å². The zero-order valence-corrected chi connectivity index (χ0v) is 13.6. The van der Waals surface area contributed by atoms with Crippen molar-refractivity contribution in [3.8, 4) is 0 Å². The SMILES string of the molecule is [C-]#[N+]C1=C(O)C(C)(C)C2=CCN(C)C(=O)C2(c2ccccc2)C1. The minimum absolute atomic E-state index is 0.0112. The number of likely N-dealkylation sites (N-methyl/N-ethyl adjacent to an activating group) is 1. The number of aliphatic hydroxyl groups is 1. The summed E-state index contributed by atoms with van der Waals surface area (Å²) in [6.07, 6.45) is 2.25. The average molecular weight is 308 g/mol. The van der Waals surface area contributed by atoms with Crippen molar-refractivity contribution in [3.63, 3.8) is 0 Å². The molecule has 0 aromatic heterocycles. The van der Waals surface area contributed by atoms with Gasteiger partial charge in [0.1, 0.15) is 5.76 Å². The van der Waals surface area contributed by atoms with Gasteiger partial charge in [0.2, 0.25) is 11.6 Å². The lowest BCUT2D eigenvalue weighted by atomic mass is 9.56. The third kappa shape index (κ3) is 1.93. The maximum absolute atomic E-state index is 13.2. The molecule has 0 bridgehead atoms. The molecule has 1 aliphatic heterocycles. The Balaban J connectivity index is 2.36. The molecule has 1 aromatic rings. The molecule has 1 N–H and O–H groups in total. The van der Waals surface area contributed by atoms with E-state index < -0.39 is 10.8 Å². The van der Waals surface area contributed by atoms with Crippen LogP contribution in [0.2, 0.25) is 0 Å². The van der Waals surface area contributed by atoms with E-state index in [1.54, 1.807) is 11.9 Å². The quantitative estimate of drug-likeness (QED) is 0.638. The molecule has 23 heavy (non-hydrogen) atoms. The molecular weight excluding hydrogens is 288 g/mol. The molecule has 0 saturated heterocycles. The second-order valence-electron chi connectivity index (χ2n) is 6.78. The molecule has 3 rings (SSSR count). The summed E-state index contributed by atoms with van der Waals surface area (Å²) >= 11 is 0. The van der Waals surface area contributed by atoms with Gasteiger partial charge in [-0.05, 0) is 11.1 Å². The lowest BCUT2D eigenvalue weighted by molar-refractivity contribution is -0.135. The van der Waals surface area contributed by atoms with Crippen LogP contribution in [0.15, 0.2) is 53.4 Å². The lowest BCUT2D eigenvalue weighted by Gasteiger charge is -2.50. The lowest BCUT2D eigenvalue weighted by Crippen LogP contribution is -2.55. The Labute approximate surface area is 136 Å². The van der Waals surface area contributed by atoms with Crippen LogP contribution in [0.1, 0.15) is 25.8 Å². The Morgan fingerprint density at radius 1 is 1.26 bits per heavy atom. The first kappa shape index (κ1) is 15.4. The van der Waals surface area contributed by atoms with E-state index in [0.717, 1.165) is 11.1 Å². The van der Waals surface area contributed by atoms with Gasteiger partial charge in [-0.3, -0.25) is 4.79 Å². The second-order valence-corrected chi connectivity index (χ2v) is 6.78. The molecule has 1 aromatic carbocycles. The van der Waals surface area contributed by atoms with Crippen molar-refractivity contribution in [2.24, 2.45) is 5.41 Å². The molecule has 0 saturated carbocycles. The van der Waals surface area contributed by atoms with Crippen LogP contribution in [0.5, 0.6) is 0 Å². The van der Waals surface area contributed by atoms with Crippen LogP contribution in [-0.4, -0.2) is 29.5 Å². The van der Waals surface area contributed by atoms with Crippen molar-refractivity contribution in [2.45, 2.75) is 25.7 Å². The first-order chi connectivity index (χ1) is 10.9. The molecule has 118 valence electrons. The number of benzene rings is 1. The van der Waals surface area contributed by atoms with Crippen LogP contribution in [0, 0.1) is 12.0 Å². The maximum Gasteiger partial charge on any atom is 0.236 e. The number of rotatable bonds is 1. The highest BCUT2D eigenvalue weighted by Crippen LogP contribution is 2.55. The van der Waals surface area contributed by atoms with Crippen LogP contribution < -0.4 is 0 Å². The topological polar surface area (TPSA) is 44.9 Å². The summed E-state index contributed by atoms with van der Waals surface area (Å²) in [6.45, 7) is 11.7. The standard InChI is InChI=1S/C19H20N2O2/c1-18(2)15-10-11-21(4)17(23)19(15,12-14(20-3)16(18)22)13-8-6-5-7-9-13/h5-10,22H,11-12H2,1-2,4H3. The summed E-state index contributed by atoms with van der Waals surface area (Å²) < 4.78 is 0. The molecular formula is C19H20N2O2. The van der Waals surface area contributed by atoms with Crippen molar-refractivity contribution in [3.05, 3.63) is 70.4 Å². The predicted molar refractivity (Wildman–Crippen MR) is 88.5 cm³/mol. The van der Waals surface area contributed by atoms with Gasteiger partial charge in [-0.1, -0.05) is 50.3 Å². The Kier molecular flexibility index (Phi) is 3.33. The largest absolute Gasteiger partial charge is 0.523 e. The first-order valence-corrected chi connectivity index (χ1v) is 7.68. The van der Waals surface area contributed by atoms with Gasteiger partial charge in [0, 0.05) is 25.4 Å². The van der Waals surface area contributed by atoms with Gasteiger partial charge in [0.05, 0.1) is 12.0 Å². The maximum atomic E-state index is 13.2. The number of allylic oxidation sites excluding steroid dienone is 2. The number of carbonyl (C=O) groups excluding carboxylic acids is 1. The predicted octanol–water partition coefficient (Wildman–Crippen LogP) is 3.44. The van der Waals surface area contributed by atoms with Crippen molar-refractivity contribution in [1.29, 1.82) is 0 Å². The molecule has 1 unspecified atom stereocenters. The van der Waals surface area contributed by atoms with Crippen molar-refractivity contribution < 1.29 is 9.90 Å². The molecule has 1 amide bonds. The summed E-state index contributed by atoms with van der Waals surface area (Å²) in [7, 11) is 1.78. The summed E-state index contributed by atoms with van der Waals surface area (Å²) in [6, 6.07) is 9.60. The highest BCUT2D eigenvalue weighted by atomic mass is 16.3. The molecule has 1 aliphatic carbocycles. The zero-order chi connectivity index (χ0) is 16.8. The number of hydrogen-bond donors (Lipinski definition) is 1. The van der Waals surface area contributed by atoms with E-state index >= 15 is 0 Å². The van der Waals surface area contributed by atoms with E-state index in [0.29, 0.717) is 6.54 Å². The van der Waals surface area contributed by atoms with Gasteiger partial charge in [0.15, 0.2) is 0 Å². The van der Waals surface area contributed by atoms with Crippen molar-refractivity contribution >= 4 is 5.91 Å². The molecule has 0 fully saturated rings. The third-order valence-electron chi connectivity index (χ3n) is 5.11. The number of fused-ring (bicyclic) bond motifs is 1. The fourth-order valence-corrected chi connectivity index (χ4v) is 3.91. The second kappa shape index (κ2) is 4.99. The highest BCUT2D eigenvalue weighted by Gasteiger charge is 2.56. The molecule has 0 spiro atoms. The van der Waals surface area contributed by atoms with Crippen molar-refractivity contribution in [1.82, 2.24) is 4.90 Å². The number of aliphatic hydroxyl groups excluding tert-OH is 1. The molecule has 1 heterocycles. The van der Waals surface area contributed by atoms with E-state index in [-0.39, 0.29) is 23.8 Å². The number of hydrogen-bond acceptors (Lipinski definition) is 2. The third-order valence-corrected chi connectivity index (χ3v) is 5.11. The highest BCUT2D eigenvalue weighted by molar-refractivity contribution is 5.94. The monoisotopic (exact) mass is 308 g/mol. The van der Waals surface area contributed by atoms with E-state index in [2.05, 4.69) is 4.85 Å². The Hall–Kier alpha value is -2.54. The number of amides is 1. The minimum Gasteiger partial charge on any atom is -0.523 e. The van der Waals surface area contributed by atoms with Crippen LogP contribution >= 0.6 is 0 Å². The van der Waals surface area contributed by atoms with Crippen LogP contribution in [0.25, 0.3) is 4.85 Å². The van der Waals surface area contributed by atoms with Gasteiger partial charge < -0.3 is 10.0 Å². The molecule has 1 atom stereocenters. The Bertz CT molecular complexity index is 768. The summed E-state index contributed by atoms with van der Waals surface area (Å²) in [5.74, 6) is 0.0746. The summed E-state index contributed by atoms with van der Waals surface area (Å²) in [4.78, 5) is 18.4. The molecule has 0 radical (unpaired) electrons.